The van der Waals surface area contributed by atoms with Gasteiger partial charge >= 0.3 is 0 Å². The van der Waals surface area contributed by atoms with Crippen LogP contribution in [0.15, 0.2) is 24.3 Å². The zero-order valence-corrected chi connectivity index (χ0v) is 12.4. The van der Waals surface area contributed by atoms with Crippen molar-refractivity contribution in [1.82, 2.24) is 4.90 Å². The fourth-order valence-corrected chi connectivity index (χ4v) is 3.20. The van der Waals surface area contributed by atoms with Gasteiger partial charge in [-0.1, -0.05) is 46.1 Å². The van der Waals surface area contributed by atoms with E-state index in [-0.39, 0.29) is 0 Å². The molecule has 1 fully saturated rings. The summed E-state index contributed by atoms with van der Waals surface area (Å²) >= 11 is 9.48. The highest BCUT2D eigenvalue weighted by atomic mass is 79.9. The molecule has 0 N–H and O–H groups in total. The van der Waals surface area contributed by atoms with Crippen molar-refractivity contribution >= 4 is 27.5 Å². The Labute approximate surface area is 117 Å². The summed E-state index contributed by atoms with van der Waals surface area (Å²) in [6, 6.07) is 9.00. The van der Waals surface area contributed by atoms with Crippen LogP contribution in [-0.2, 0) is 6.54 Å². The summed E-state index contributed by atoms with van der Waals surface area (Å²) in [5, 5.41) is 1.93. The first-order valence-corrected chi connectivity index (χ1v) is 7.84. The standard InChI is InChI=1S/C14H19BrClN/c15-9-8-14-3-1-2-10-17(14)11-12-4-6-13(16)7-5-12/h4-7,14H,1-3,8-11H2. The monoisotopic (exact) mass is 315 g/mol. The highest BCUT2D eigenvalue weighted by molar-refractivity contribution is 9.09. The van der Waals surface area contributed by atoms with Crippen LogP contribution in [0.2, 0.25) is 5.02 Å². The highest BCUT2D eigenvalue weighted by Gasteiger charge is 2.21. The van der Waals surface area contributed by atoms with Crippen LogP contribution in [0, 0.1) is 0 Å². The Bertz CT molecular complexity index is 337. The van der Waals surface area contributed by atoms with E-state index in [2.05, 4.69) is 33.0 Å². The van der Waals surface area contributed by atoms with Gasteiger partial charge in [0, 0.05) is 22.9 Å². The third-order valence-corrected chi connectivity index (χ3v) is 4.20. The number of nitrogens with zero attached hydrogens (tertiary/aromatic N) is 1. The van der Waals surface area contributed by atoms with Gasteiger partial charge in [-0.15, -0.1) is 0 Å². The summed E-state index contributed by atoms with van der Waals surface area (Å²) in [5.41, 5.74) is 1.37. The minimum Gasteiger partial charge on any atom is -0.296 e. The second-order valence-electron chi connectivity index (χ2n) is 4.72. The Morgan fingerprint density at radius 3 is 2.71 bits per heavy atom. The molecule has 1 saturated heterocycles. The SMILES string of the molecule is Clc1ccc(CN2CCCCC2CCBr)cc1. The number of rotatable bonds is 4. The van der Waals surface area contributed by atoms with E-state index in [0.717, 1.165) is 22.9 Å². The molecular weight excluding hydrogens is 298 g/mol. The largest absolute Gasteiger partial charge is 0.296 e. The molecule has 2 rings (SSSR count). The summed E-state index contributed by atoms with van der Waals surface area (Å²) in [4.78, 5) is 2.62. The van der Waals surface area contributed by atoms with Crippen LogP contribution in [0.3, 0.4) is 0 Å². The Morgan fingerprint density at radius 2 is 2.00 bits per heavy atom. The van der Waals surface area contributed by atoms with Crippen molar-refractivity contribution in [3.8, 4) is 0 Å². The van der Waals surface area contributed by atoms with E-state index in [4.69, 9.17) is 11.6 Å². The first-order chi connectivity index (χ1) is 8.29. The van der Waals surface area contributed by atoms with Crippen molar-refractivity contribution in [2.24, 2.45) is 0 Å². The van der Waals surface area contributed by atoms with E-state index in [1.807, 2.05) is 12.1 Å². The molecule has 1 unspecified atom stereocenters. The molecular formula is C14H19BrClN. The fourth-order valence-electron chi connectivity index (χ4n) is 2.55. The number of likely N-dealkylation sites (tertiary alicyclic amines) is 1. The zero-order valence-electron chi connectivity index (χ0n) is 10.0. The van der Waals surface area contributed by atoms with Gasteiger partial charge in [-0.2, -0.15) is 0 Å². The first kappa shape index (κ1) is 13.4. The van der Waals surface area contributed by atoms with E-state index in [0.29, 0.717) is 0 Å². The van der Waals surface area contributed by atoms with E-state index >= 15 is 0 Å². The Hall–Kier alpha value is -0.0500. The van der Waals surface area contributed by atoms with E-state index < -0.39 is 0 Å². The van der Waals surface area contributed by atoms with Crippen LogP contribution in [0.25, 0.3) is 0 Å². The third kappa shape index (κ3) is 3.97. The minimum atomic E-state index is 0.749. The van der Waals surface area contributed by atoms with Crippen LogP contribution < -0.4 is 0 Å². The molecule has 1 aliphatic rings. The summed E-state index contributed by atoms with van der Waals surface area (Å²) in [7, 11) is 0. The van der Waals surface area contributed by atoms with Gasteiger partial charge in [-0.05, 0) is 43.5 Å². The lowest BCUT2D eigenvalue weighted by Gasteiger charge is -2.35. The zero-order chi connectivity index (χ0) is 12.1. The van der Waals surface area contributed by atoms with Crippen molar-refractivity contribution in [3.05, 3.63) is 34.9 Å². The molecule has 17 heavy (non-hydrogen) atoms. The maximum atomic E-state index is 5.91. The summed E-state index contributed by atoms with van der Waals surface area (Å²) in [6.45, 7) is 2.30. The predicted octanol–water partition coefficient (Wildman–Crippen LogP) is 4.48. The molecule has 0 aliphatic carbocycles. The molecule has 1 heterocycles. The van der Waals surface area contributed by atoms with Gasteiger partial charge in [0.05, 0.1) is 0 Å². The van der Waals surface area contributed by atoms with Gasteiger partial charge in [0.15, 0.2) is 0 Å². The van der Waals surface area contributed by atoms with Gasteiger partial charge in [0.25, 0.3) is 0 Å². The quantitative estimate of drug-likeness (QED) is 0.740. The third-order valence-electron chi connectivity index (χ3n) is 3.49. The Kier molecular flexibility index (Phi) is 5.33. The van der Waals surface area contributed by atoms with Gasteiger partial charge in [-0.3, -0.25) is 4.90 Å². The lowest BCUT2D eigenvalue weighted by Crippen LogP contribution is -2.39. The summed E-state index contributed by atoms with van der Waals surface area (Å²) in [5.74, 6) is 0. The molecule has 0 radical (unpaired) electrons. The molecule has 1 aromatic rings. The average Bonchev–Trinajstić information content (AvgIpc) is 2.35. The lowest BCUT2D eigenvalue weighted by molar-refractivity contribution is 0.137. The molecule has 0 amide bonds. The van der Waals surface area contributed by atoms with Crippen LogP contribution in [-0.4, -0.2) is 22.8 Å². The maximum Gasteiger partial charge on any atom is 0.0406 e. The molecule has 1 aromatic carbocycles. The number of alkyl halides is 1. The second kappa shape index (κ2) is 6.77. The van der Waals surface area contributed by atoms with Crippen molar-refractivity contribution in [1.29, 1.82) is 0 Å². The number of halogens is 2. The molecule has 94 valence electrons. The highest BCUT2D eigenvalue weighted by Crippen LogP contribution is 2.23. The number of benzene rings is 1. The van der Waals surface area contributed by atoms with Crippen LogP contribution >= 0.6 is 27.5 Å². The molecule has 1 nitrogen and oxygen atoms in total. The summed E-state index contributed by atoms with van der Waals surface area (Å²) in [6.07, 6.45) is 5.33. The van der Waals surface area contributed by atoms with Crippen LogP contribution in [0.5, 0.6) is 0 Å². The first-order valence-electron chi connectivity index (χ1n) is 6.34. The van der Waals surface area contributed by atoms with Gasteiger partial charge in [0.2, 0.25) is 0 Å². The number of hydrogen-bond acceptors (Lipinski definition) is 1. The number of piperidine rings is 1. The second-order valence-corrected chi connectivity index (χ2v) is 5.95. The Morgan fingerprint density at radius 1 is 1.24 bits per heavy atom. The minimum absolute atomic E-state index is 0.749. The molecule has 0 saturated carbocycles. The molecule has 0 bridgehead atoms. The Balaban J connectivity index is 1.97. The topological polar surface area (TPSA) is 3.24 Å². The van der Waals surface area contributed by atoms with Crippen LogP contribution in [0.4, 0.5) is 0 Å². The predicted molar refractivity (Wildman–Crippen MR) is 77.9 cm³/mol. The van der Waals surface area contributed by atoms with Crippen molar-refractivity contribution < 1.29 is 0 Å². The molecule has 1 atom stereocenters. The number of hydrogen-bond donors (Lipinski definition) is 0. The molecule has 0 spiro atoms. The van der Waals surface area contributed by atoms with Crippen molar-refractivity contribution in [3.63, 3.8) is 0 Å². The van der Waals surface area contributed by atoms with Crippen molar-refractivity contribution in [2.75, 3.05) is 11.9 Å². The van der Waals surface area contributed by atoms with E-state index in [9.17, 15) is 0 Å². The van der Waals surface area contributed by atoms with Crippen molar-refractivity contribution in [2.45, 2.75) is 38.3 Å². The molecule has 3 heteroatoms. The molecule has 0 aromatic heterocycles. The smallest absolute Gasteiger partial charge is 0.0406 e. The normalized spacial score (nSPS) is 21.6. The van der Waals surface area contributed by atoms with Gasteiger partial charge in [-0.25, -0.2) is 0 Å². The van der Waals surface area contributed by atoms with Gasteiger partial charge in [0.1, 0.15) is 0 Å². The maximum absolute atomic E-state index is 5.91. The van der Waals surface area contributed by atoms with Crippen LogP contribution in [0.1, 0.15) is 31.2 Å². The molecule has 1 aliphatic heterocycles. The van der Waals surface area contributed by atoms with E-state index in [1.54, 1.807) is 0 Å². The van der Waals surface area contributed by atoms with Gasteiger partial charge < -0.3 is 0 Å². The fraction of sp³-hybridized carbons (Fsp3) is 0.571. The van der Waals surface area contributed by atoms with E-state index in [1.165, 1.54) is 37.8 Å². The lowest BCUT2D eigenvalue weighted by atomic mass is 9.99. The summed E-state index contributed by atoms with van der Waals surface area (Å²) < 4.78 is 0. The average molecular weight is 317 g/mol.